The van der Waals surface area contributed by atoms with Gasteiger partial charge < -0.3 is 10.1 Å². The van der Waals surface area contributed by atoms with Crippen LogP contribution in [0.5, 0.6) is 5.75 Å². The topological polar surface area (TPSA) is 75.7 Å². The highest BCUT2D eigenvalue weighted by atomic mass is 32.2. The van der Waals surface area contributed by atoms with Crippen molar-refractivity contribution in [2.24, 2.45) is 0 Å². The molecule has 0 aliphatic heterocycles. The molecule has 1 amide bonds. The van der Waals surface area contributed by atoms with Crippen molar-refractivity contribution in [2.45, 2.75) is 24.0 Å². The van der Waals surface area contributed by atoms with E-state index in [1.807, 2.05) is 12.3 Å². The molecule has 0 aliphatic carbocycles. The average molecular weight is 409 g/mol. The molecule has 0 heterocycles. The van der Waals surface area contributed by atoms with Crippen molar-refractivity contribution in [3.05, 3.63) is 48.5 Å². The van der Waals surface area contributed by atoms with Gasteiger partial charge in [-0.2, -0.15) is 11.8 Å². The number of ether oxygens (including phenoxy) is 1. The van der Waals surface area contributed by atoms with Gasteiger partial charge in [-0.1, -0.05) is 18.2 Å². The zero-order valence-corrected chi connectivity index (χ0v) is 17.4. The Morgan fingerprint density at radius 2 is 1.89 bits per heavy atom. The van der Waals surface area contributed by atoms with E-state index in [9.17, 15) is 13.2 Å². The van der Waals surface area contributed by atoms with Gasteiger partial charge in [-0.15, -0.1) is 0 Å². The van der Waals surface area contributed by atoms with E-state index in [-0.39, 0.29) is 22.6 Å². The summed E-state index contributed by atoms with van der Waals surface area (Å²) in [6, 6.07) is 13.4. The summed E-state index contributed by atoms with van der Waals surface area (Å²) in [4.78, 5) is 12.3. The number of benzene rings is 2. The molecule has 27 heavy (non-hydrogen) atoms. The molecular formula is C19H24N2O4S2. The second kappa shape index (κ2) is 9.14. The molecule has 2 aromatic carbocycles. The normalized spacial score (nSPS) is 12.3. The third-order valence-electron chi connectivity index (χ3n) is 4.07. The highest BCUT2D eigenvalue weighted by Gasteiger charge is 2.25. The van der Waals surface area contributed by atoms with E-state index in [2.05, 4.69) is 5.32 Å². The molecule has 0 fully saturated rings. The van der Waals surface area contributed by atoms with Gasteiger partial charge in [-0.25, -0.2) is 8.42 Å². The number of amides is 1. The van der Waals surface area contributed by atoms with Gasteiger partial charge in [0.05, 0.1) is 28.6 Å². The van der Waals surface area contributed by atoms with Crippen LogP contribution in [0.1, 0.15) is 13.8 Å². The summed E-state index contributed by atoms with van der Waals surface area (Å²) >= 11 is 1.40. The average Bonchev–Trinajstić information content (AvgIpc) is 2.68. The Balaban J connectivity index is 2.45. The zero-order valence-electron chi connectivity index (χ0n) is 15.8. The first-order valence-electron chi connectivity index (χ1n) is 8.44. The Morgan fingerprint density at radius 3 is 2.44 bits per heavy atom. The molecule has 0 radical (unpaired) electrons. The Hall–Kier alpha value is -2.19. The summed E-state index contributed by atoms with van der Waals surface area (Å²) in [6.07, 6.45) is 1.83. The third kappa shape index (κ3) is 4.75. The Labute approximate surface area is 165 Å². The van der Waals surface area contributed by atoms with Gasteiger partial charge in [-0.3, -0.25) is 9.10 Å². The first-order valence-corrected chi connectivity index (χ1v) is 11.2. The summed E-state index contributed by atoms with van der Waals surface area (Å²) in [5, 5.41) is 2.48. The van der Waals surface area contributed by atoms with Gasteiger partial charge >= 0.3 is 0 Å². The molecular weight excluding hydrogens is 384 g/mol. The monoisotopic (exact) mass is 408 g/mol. The number of methoxy groups -OCH3 is 1. The van der Waals surface area contributed by atoms with Gasteiger partial charge in [0.15, 0.2) is 0 Å². The van der Waals surface area contributed by atoms with Crippen molar-refractivity contribution in [1.29, 1.82) is 0 Å². The fraction of sp³-hybridized carbons (Fsp3) is 0.316. The number of thioether (sulfide) groups is 1. The second-order valence-corrected chi connectivity index (χ2v) is 8.78. The molecule has 1 N–H and O–H groups in total. The van der Waals surface area contributed by atoms with Crippen molar-refractivity contribution < 1.29 is 17.9 Å². The van der Waals surface area contributed by atoms with Crippen LogP contribution in [0.25, 0.3) is 0 Å². The van der Waals surface area contributed by atoms with Crippen molar-refractivity contribution in [1.82, 2.24) is 0 Å². The van der Waals surface area contributed by atoms with Crippen LogP contribution in [0, 0.1) is 0 Å². The van der Waals surface area contributed by atoms with Crippen LogP contribution >= 0.6 is 11.8 Å². The molecule has 6 nitrogen and oxygen atoms in total. The van der Waals surface area contributed by atoms with Gasteiger partial charge in [-0.05, 0) is 50.4 Å². The van der Waals surface area contributed by atoms with Crippen LogP contribution in [-0.4, -0.2) is 39.5 Å². The summed E-state index contributed by atoms with van der Waals surface area (Å²) in [6.45, 7) is 3.84. The Kier molecular flexibility index (Phi) is 7.15. The maximum absolute atomic E-state index is 13.2. The molecule has 0 bridgehead atoms. The van der Waals surface area contributed by atoms with Crippen molar-refractivity contribution in [3.8, 4) is 5.75 Å². The number of carbonyl (C=O) groups is 1. The number of sulfonamides is 1. The van der Waals surface area contributed by atoms with Gasteiger partial charge in [0.2, 0.25) is 5.91 Å². The summed E-state index contributed by atoms with van der Waals surface area (Å²) in [7, 11) is -2.32. The predicted molar refractivity (Wildman–Crippen MR) is 111 cm³/mol. The fourth-order valence-electron chi connectivity index (χ4n) is 2.50. The predicted octanol–water partition coefficient (Wildman–Crippen LogP) is 3.60. The highest BCUT2D eigenvalue weighted by molar-refractivity contribution is 7.99. The van der Waals surface area contributed by atoms with Crippen LogP contribution in [0.3, 0.4) is 0 Å². The van der Waals surface area contributed by atoms with Crippen molar-refractivity contribution in [2.75, 3.05) is 29.5 Å². The van der Waals surface area contributed by atoms with E-state index < -0.39 is 10.0 Å². The SMILES string of the molecule is CCN(c1ccccc1)S(=O)(=O)c1ccc(OC)c(NC(=O)C(C)SC)c1. The summed E-state index contributed by atoms with van der Waals surface area (Å²) in [5.41, 5.74) is 0.908. The maximum Gasteiger partial charge on any atom is 0.264 e. The molecule has 2 rings (SSSR count). The number of carbonyl (C=O) groups excluding carboxylic acids is 1. The number of hydrogen-bond acceptors (Lipinski definition) is 5. The molecule has 0 aromatic heterocycles. The van der Waals surface area contributed by atoms with Crippen LogP contribution in [0.15, 0.2) is 53.4 Å². The second-order valence-electron chi connectivity index (χ2n) is 5.73. The Morgan fingerprint density at radius 1 is 1.22 bits per heavy atom. The minimum absolute atomic E-state index is 0.0844. The van der Waals surface area contributed by atoms with E-state index in [0.29, 0.717) is 17.1 Å². The van der Waals surface area contributed by atoms with E-state index in [0.717, 1.165) is 0 Å². The minimum Gasteiger partial charge on any atom is -0.495 e. The lowest BCUT2D eigenvalue weighted by Gasteiger charge is -2.23. The van der Waals surface area contributed by atoms with E-state index >= 15 is 0 Å². The van der Waals surface area contributed by atoms with Crippen LogP contribution in [-0.2, 0) is 14.8 Å². The van der Waals surface area contributed by atoms with Crippen LogP contribution in [0.2, 0.25) is 0 Å². The summed E-state index contributed by atoms with van der Waals surface area (Å²) < 4.78 is 32.9. The summed E-state index contributed by atoms with van der Waals surface area (Å²) in [5.74, 6) is 0.184. The number of para-hydroxylation sites is 1. The number of nitrogens with one attached hydrogen (secondary N) is 1. The molecule has 2 aromatic rings. The maximum atomic E-state index is 13.2. The van der Waals surface area contributed by atoms with E-state index in [1.165, 1.54) is 35.3 Å². The molecule has 8 heteroatoms. The number of rotatable bonds is 8. The lowest BCUT2D eigenvalue weighted by Crippen LogP contribution is -2.31. The van der Waals surface area contributed by atoms with Gasteiger partial charge in [0.25, 0.3) is 10.0 Å². The third-order valence-corrected chi connectivity index (χ3v) is 6.89. The first-order chi connectivity index (χ1) is 12.8. The van der Waals surface area contributed by atoms with Crippen LogP contribution < -0.4 is 14.4 Å². The smallest absolute Gasteiger partial charge is 0.264 e. The van der Waals surface area contributed by atoms with Gasteiger partial charge in [0, 0.05) is 6.54 Å². The first kappa shape index (κ1) is 21.1. The lowest BCUT2D eigenvalue weighted by molar-refractivity contribution is -0.115. The molecule has 0 saturated heterocycles. The molecule has 0 spiro atoms. The molecule has 1 unspecified atom stereocenters. The fourth-order valence-corrected chi connectivity index (χ4v) is 4.27. The number of hydrogen-bond donors (Lipinski definition) is 1. The quantitative estimate of drug-likeness (QED) is 0.722. The largest absolute Gasteiger partial charge is 0.495 e. The van der Waals surface area contributed by atoms with Crippen molar-refractivity contribution in [3.63, 3.8) is 0 Å². The Bertz CT molecular complexity index is 886. The molecule has 146 valence electrons. The van der Waals surface area contributed by atoms with Crippen molar-refractivity contribution >= 4 is 39.1 Å². The highest BCUT2D eigenvalue weighted by Crippen LogP contribution is 2.31. The van der Waals surface area contributed by atoms with Gasteiger partial charge in [0.1, 0.15) is 5.75 Å². The lowest BCUT2D eigenvalue weighted by atomic mass is 10.3. The molecule has 0 saturated carbocycles. The molecule has 1 atom stereocenters. The standard InChI is InChI=1S/C19H24N2O4S2/c1-5-21(15-9-7-6-8-10-15)27(23,24)16-11-12-18(25-3)17(13-16)20-19(22)14(2)26-4/h6-14H,5H2,1-4H3,(H,20,22). The zero-order chi connectivity index (χ0) is 20.0. The minimum atomic E-state index is -3.79. The number of nitrogens with zero attached hydrogens (tertiary/aromatic N) is 1. The van der Waals surface area contributed by atoms with E-state index in [4.69, 9.17) is 4.74 Å². The number of anilines is 2. The molecule has 0 aliphatic rings. The van der Waals surface area contributed by atoms with E-state index in [1.54, 1.807) is 44.2 Å². The van der Waals surface area contributed by atoms with Crippen LogP contribution in [0.4, 0.5) is 11.4 Å².